The fourth-order valence-corrected chi connectivity index (χ4v) is 4.62. The van der Waals surface area contributed by atoms with Crippen LogP contribution in [0.3, 0.4) is 0 Å². The summed E-state index contributed by atoms with van der Waals surface area (Å²) in [6.45, 7) is 14.2. The minimum Gasteiger partial charge on any atom is -0.484 e. The summed E-state index contributed by atoms with van der Waals surface area (Å²) >= 11 is 0. The molecule has 1 aliphatic heterocycles. The minimum absolute atomic E-state index is 0.0123. The Kier molecular flexibility index (Phi) is 7.63. The highest BCUT2D eigenvalue weighted by atomic mass is 16.6. The zero-order valence-corrected chi connectivity index (χ0v) is 20.1. The molecule has 3 N–H and O–H groups in total. The predicted octanol–water partition coefficient (Wildman–Crippen LogP) is 3.64. The maximum absolute atomic E-state index is 13.0. The molecule has 0 spiro atoms. The van der Waals surface area contributed by atoms with E-state index in [2.05, 4.69) is 33.0 Å². The standard InChI is InChI=1S/C24H39N3O4/c1-22(2,3)31-21(29)26-13-12-17-8-10-19(11-9-17)30-16-20(28)27-23(4,5)14-18(25)15-24(27,6)7/h8-11,18H,12-16,25H2,1-7H3,(H,26,29). The van der Waals surface area contributed by atoms with Crippen LogP contribution in [0, 0.1) is 0 Å². The Morgan fingerprint density at radius 1 is 1.10 bits per heavy atom. The van der Waals surface area contributed by atoms with Crippen LogP contribution in [0.5, 0.6) is 5.75 Å². The molecule has 0 atom stereocenters. The van der Waals surface area contributed by atoms with E-state index in [0.29, 0.717) is 18.7 Å². The summed E-state index contributed by atoms with van der Waals surface area (Å²) in [6.07, 6.45) is 1.80. The van der Waals surface area contributed by atoms with Crippen molar-refractivity contribution in [3.8, 4) is 5.75 Å². The van der Waals surface area contributed by atoms with Gasteiger partial charge in [0.1, 0.15) is 11.4 Å². The van der Waals surface area contributed by atoms with Gasteiger partial charge < -0.3 is 25.4 Å². The predicted molar refractivity (Wildman–Crippen MR) is 122 cm³/mol. The third kappa shape index (κ3) is 7.42. The summed E-state index contributed by atoms with van der Waals surface area (Å²) in [7, 11) is 0. The Morgan fingerprint density at radius 2 is 1.65 bits per heavy atom. The second-order valence-electron chi connectivity index (χ2n) is 10.6. The molecule has 7 nitrogen and oxygen atoms in total. The number of hydrogen-bond acceptors (Lipinski definition) is 5. The van der Waals surface area contributed by atoms with Crippen molar-refractivity contribution in [1.82, 2.24) is 10.2 Å². The van der Waals surface area contributed by atoms with Crippen molar-refractivity contribution >= 4 is 12.0 Å². The highest BCUT2D eigenvalue weighted by molar-refractivity contribution is 5.79. The Morgan fingerprint density at radius 3 is 2.16 bits per heavy atom. The molecular weight excluding hydrogens is 394 g/mol. The first-order chi connectivity index (χ1) is 14.2. The fraction of sp³-hybridized carbons (Fsp3) is 0.667. The SMILES string of the molecule is CC(C)(C)OC(=O)NCCc1ccc(OCC(=O)N2C(C)(C)CC(N)CC2(C)C)cc1. The average Bonchev–Trinajstić information content (AvgIpc) is 2.56. The molecule has 0 bridgehead atoms. The zero-order chi connectivity index (χ0) is 23.4. The van der Waals surface area contributed by atoms with E-state index in [1.54, 1.807) is 0 Å². The monoisotopic (exact) mass is 433 g/mol. The topological polar surface area (TPSA) is 93.9 Å². The van der Waals surface area contributed by atoms with Crippen molar-refractivity contribution in [1.29, 1.82) is 0 Å². The van der Waals surface area contributed by atoms with Crippen LogP contribution in [0.4, 0.5) is 4.79 Å². The second-order valence-corrected chi connectivity index (χ2v) is 10.6. The molecule has 174 valence electrons. The second kappa shape index (κ2) is 9.47. The number of piperidine rings is 1. The van der Waals surface area contributed by atoms with Gasteiger partial charge in [-0.3, -0.25) is 4.79 Å². The number of amides is 2. The fourth-order valence-electron chi connectivity index (χ4n) is 4.62. The lowest BCUT2D eigenvalue weighted by Crippen LogP contribution is -2.65. The van der Waals surface area contributed by atoms with E-state index in [-0.39, 0.29) is 29.6 Å². The van der Waals surface area contributed by atoms with Crippen LogP contribution in [0.2, 0.25) is 0 Å². The zero-order valence-electron chi connectivity index (χ0n) is 20.1. The van der Waals surface area contributed by atoms with Gasteiger partial charge in [-0.15, -0.1) is 0 Å². The molecule has 31 heavy (non-hydrogen) atoms. The third-order valence-corrected chi connectivity index (χ3v) is 5.35. The smallest absolute Gasteiger partial charge is 0.407 e. The Bertz CT molecular complexity index is 748. The minimum atomic E-state index is -0.509. The number of carbonyl (C=O) groups is 2. The molecule has 0 unspecified atom stereocenters. The van der Waals surface area contributed by atoms with Crippen LogP contribution in [-0.4, -0.2) is 52.8 Å². The van der Waals surface area contributed by atoms with E-state index in [1.807, 2.05) is 49.9 Å². The van der Waals surface area contributed by atoms with Crippen molar-refractivity contribution in [3.05, 3.63) is 29.8 Å². The normalized spacial score (nSPS) is 18.4. The first-order valence-corrected chi connectivity index (χ1v) is 11.0. The van der Waals surface area contributed by atoms with Crippen molar-refractivity contribution in [2.24, 2.45) is 5.73 Å². The van der Waals surface area contributed by atoms with Crippen molar-refractivity contribution < 1.29 is 19.1 Å². The molecule has 2 amide bonds. The van der Waals surface area contributed by atoms with Crippen molar-refractivity contribution in [2.75, 3.05) is 13.2 Å². The number of rotatable bonds is 6. The number of nitrogens with one attached hydrogen (secondary N) is 1. The number of benzene rings is 1. The van der Waals surface area contributed by atoms with Crippen LogP contribution < -0.4 is 15.8 Å². The number of likely N-dealkylation sites (tertiary alicyclic amines) is 1. The van der Waals surface area contributed by atoms with Crippen LogP contribution in [0.1, 0.15) is 66.9 Å². The molecule has 1 aromatic rings. The lowest BCUT2D eigenvalue weighted by molar-refractivity contribution is -0.151. The molecule has 0 radical (unpaired) electrons. The van der Waals surface area contributed by atoms with Crippen LogP contribution >= 0.6 is 0 Å². The first kappa shape index (κ1) is 25.0. The molecule has 1 saturated heterocycles. The van der Waals surface area contributed by atoms with Gasteiger partial charge in [-0.1, -0.05) is 12.1 Å². The van der Waals surface area contributed by atoms with Crippen LogP contribution in [0.25, 0.3) is 0 Å². The summed E-state index contributed by atoms with van der Waals surface area (Å²) in [5.74, 6) is 0.606. The highest BCUT2D eigenvalue weighted by Crippen LogP contribution is 2.37. The van der Waals surface area contributed by atoms with Crippen molar-refractivity contribution in [3.63, 3.8) is 0 Å². The highest BCUT2D eigenvalue weighted by Gasteiger charge is 2.46. The quantitative estimate of drug-likeness (QED) is 0.714. The molecule has 1 fully saturated rings. The molecular formula is C24H39N3O4. The van der Waals surface area contributed by atoms with Gasteiger partial charge in [-0.25, -0.2) is 4.79 Å². The van der Waals surface area contributed by atoms with E-state index in [9.17, 15) is 9.59 Å². The van der Waals surface area contributed by atoms with E-state index in [1.165, 1.54) is 0 Å². The molecule has 2 rings (SSSR count). The Hall–Kier alpha value is -2.28. The third-order valence-electron chi connectivity index (χ3n) is 5.35. The summed E-state index contributed by atoms with van der Waals surface area (Å²) in [5, 5.41) is 2.75. The van der Waals surface area contributed by atoms with E-state index in [4.69, 9.17) is 15.2 Å². The van der Waals surface area contributed by atoms with Gasteiger partial charge in [0.05, 0.1) is 0 Å². The lowest BCUT2D eigenvalue weighted by Gasteiger charge is -2.54. The van der Waals surface area contributed by atoms with Gasteiger partial charge in [0.2, 0.25) is 0 Å². The Labute approximate surface area is 186 Å². The molecule has 7 heteroatoms. The molecule has 0 aliphatic carbocycles. The van der Waals surface area contributed by atoms with E-state index in [0.717, 1.165) is 18.4 Å². The molecule has 0 aromatic heterocycles. The van der Waals surface area contributed by atoms with Gasteiger partial charge in [0.25, 0.3) is 5.91 Å². The molecule has 1 aromatic carbocycles. The largest absolute Gasteiger partial charge is 0.484 e. The summed E-state index contributed by atoms with van der Waals surface area (Å²) in [5.41, 5.74) is 6.13. The van der Waals surface area contributed by atoms with E-state index < -0.39 is 11.7 Å². The Balaban J connectivity index is 1.85. The number of hydrogen-bond donors (Lipinski definition) is 2. The van der Waals surface area contributed by atoms with Gasteiger partial charge in [-0.05, 0) is 85.4 Å². The van der Waals surface area contributed by atoms with Gasteiger partial charge in [0.15, 0.2) is 6.61 Å². The van der Waals surface area contributed by atoms with Gasteiger partial charge in [-0.2, -0.15) is 0 Å². The lowest BCUT2D eigenvalue weighted by atomic mass is 9.77. The van der Waals surface area contributed by atoms with Gasteiger partial charge in [0, 0.05) is 23.7 Å². The summed E-state index contributed by atoms with van der Waals surface area (Å²) in [6, 6.07) is 7.65. The number of carbonyl (C=O) groups excluding carboxylic acids is 2. The summed E-state index contributed by atoms with van der Waals surface area (Å²) < 4.78 is 11.0. The summed E-state index contributed by atoms with van der Waals surface area (Å²) in [4.78, 5) is 26.6. The number of alkyl carbamates (subject to hydrolysis) is 1. The average molecular weight is 434 g/mol. The van der Waals surface area contributed by atoms with Crippen LogP contribution in [0.15, 0.2) is 24.3 Å². The maximum atomic E-state index is 13.0. The molecule has 1 aliphatic rings. The first-order valence-electron chi connectivity index (χ1n) is 11.0. The van der Waals surface area contributed by atoms with Crippen molar-refractivity contribution in [2.45, 2.75) is 90.4 Å². The van der Waals surface area contributed by atoms with Gasteiger partial charge >= 0.3 is 6.09 Å². The number of ether oxygens (including phenoxy) is 2. The van der Waals surface area contributed by atoms with E-state index >= 15 is 0 Å². The molecule has 1 heterocycles. The number of nitrogens with zero attached hydrogens (tertiary/aromatic N) is 1. The maximum Gasteiger partial charge on any atom is 0.407 e. The molecule has 0 saturated carbocycles. The number of nitrogens with two attached hydrogens (primary N) is 1. The van der Waals surface area contributed by atoms with Crippen LogP contribution in [-0.2, 0) is 16.0 Å².